The van der Waals surface area contributed by atoms with E-state index >= 15 is 0 Å². The van der Waals surface area contributed by atoms with Crippen molar-refractivity contribution in [1.82, 2.24) is 5.32 Å². The van der Waals surface area contributed by atoms with Gasteiger partial charge in [0.2, 0.25) is 11.8 Å². The van der Waals surface area contributed by atoms with Crippen molar-refractivity contribution >= 4 is 47.4 Å². The Morgan fingerprint density at radius 1 is 0.823 bits per heavy atom. The van der Waals surface area contributed by atoms with Crippen LogP contribution >= 0.6 is 0 Å². The Hall–Kier alpha value is -4.39. The summed E-state index contributed by atoms with van der Waals surface area (Å²) in [5.74, 6) is -11.0. The van der Waals surface area contributed by atoms with Gasteiger partial charge in [0.05, 0.1) is 6.42 Å². The van der Waals surface area contributed by atoms with Crippen LogP contribution in [0, 0.1) is 46.3 Å². The van der Waals surface area contributed by atoms with Crippen LogP contribution in [0.5, 0.6) is 0 Å². The SMILES string of the molecule is C[C@@]12CC(=O)N[C@@]13C[C@@H]1[N-]C(C[C@H]4[N-]C5/C(=C6\[N-]/C(=C\C([N-]3)[C@H]2CCC(=O)O)[C@@H](CC(=O)O)[C@@H]6CCC(=O)O)C(=O)CC[C@H]5[C@@H]4CC(=O)O)[C@@](C)(CC(N)=O)[C@@H]1CCC(=O)O.[Ni]. The van der Waals surface area contributed by atoms with Gasteiger partial charge in [-0.2, -0.15) is 11.4 Å². The number of allylic oxidation sites excluding steroid dienone is 2. The summed E-state index contributed by atoms with van der Waals surface area (Å²) in [6.07, 6.45) is 0.202. The van der Waals surface area contributed by atoms with Crippen molar-refractivity contribution in [3.63, 3.8) is 0 Å². The van der Waals surface area contributed by atoms with Gasteiger partial charge in [0, 0.05) is 61.4 Å². The molecule has 344 valence electrons. The van der Waals surface area contributed by atoms with E-state index in [0.29, 0.717) is 6.42 Å². The number of carbonyl (C=O) groups is 8. The normalized spacial score (nSPS) is 41.3. The van der Waals surface area contributed by atoms with Crippen molar-refractivity contribution < 1.29 is 80.4 Å². The molecule has 1 spiro atoms. The van der Waals surface area contributed by atoms with Crippen molar-refractivity contribution in [1.29, 1.82) is 0 Å². The van der Waals surface area contributed by atoms with Gasteiger partial charge in [-0.1, -0.05) is 38.5 Å². The first kappa shape index (κ1) is 47.1. The van der Waals surface area contributed by atoms with Crippen LogP contribution in [0.2, 0.25) is 0 Å². The predicted molar refractivity (Wildman–Crippen MR) is 213 cm³/mol. The number of primary amides is 1. The Labute approximate surface area is 368 Å². The van der Waals surface area contributed by atoms with E-state index in [0.717, 1.165) is 0 Å². The van der Waals surface area contributed by atoms with Crippen LogP contribution in [0.4, 0.5) is 0 Å². The van der Waals surface area contributed by atoms with Crippen LogP contribution in [-0.4, -0.2) is 109 Å². The fourth-order valence-electron chi connectivity index (χ4n) is 12.7. The summed E-state index contributed by atoms with van der Waals surface area (Å²) in [4.78, 5) is 102. The average molecular weight is 910 g/mol. The number of hydrogen-bond acceptors (Lipinski definition) is 8. The molecular formula is C42H54N6NiO13-4. The van der Waals surface area contributed by atoms with Crippen LogP contribution in [0.15, 0.2) is 23.0 Å². The Morgan fingerprint density at radius 2 is 1.45 bits per heavy atom. The second-order valence-electron chi connectivity index (χ2n) is 18.8. The molecule has 7 aliphatic rings. The van der Waals surface area contributed by atoms with Crippen LogP contribution in [0.3, 0.4) is 0 Å². The molecule has 0 radical (unpaired) electrons. The minimum Gasteiger partial charge on any atom is -0.664 e. The fourth-order valence-corrected chi connectivity index (χ4v) is 12.7. The number of carboxylic acid groups (broad SMARTS) is 5. The topological polar surface area (TPSA) is 332 Å². The third-order valence-corrected chi connectivity index (χ3v) is 15.4. The number of ketones is 1. The first-order valence-electron chi connectivity index (χ1n) is 21.2. The molecule has 20 heteroatoms. The van der Waals surface area contributed by atoms with Gasteiger partial charge in [-0.25, -0.2) is 0 Å². The molecule has 1 aliphatic carbocycles. The Morgan fingerprint density at radius 3 is 2.06 bits per heavy atom. The zero-order valence-electron chi connectivity index (χ0n) is 34.5. The molecule has 6 fully saturated rings. The molecule has 62 heavy (non-hydrogen) atoms. The largest absolute Gasteiger partial charge is 0.664 e. The fraction of sp³-hybridized carbons (Fsp3) is 0.714. The predicted octanol–water partition coefficient (Wildman–Crippen LogP) is 4.02. The minimum atomic E-state index is -1.41. The molecule has 0 aromatic carbocycles. The number of aliphatic carboxylic acids is 5. The number of Topliss-reactive ketones (excluding diaryl/α,β-unsaturated/α-hetero) is 1. The molecule has 2 amide bonds. The molecule has 8 N–H and O–H groups in total. The van der Waals surface area contributed by atoms with Crippen molar-refractivity contribution in [3.8, 4) is 0 Å². The first-order chi connectivity index (χ1) is 28.7. The molecule has 7 rings (SSSR count). The van der Waals surface area contributed by atoms with E-state index in [2.05, 4.69) is 5.32 Å². The molecular weight excluding hydrogens is 855 g/mol. The number of amides is 2. The zero-order valence-corrected chi connectivity index (χ0v) is 35.5. The molecule has 8 bridgehead atoms. The van der Waals surface area contributed by atoms with Gasteiger partial charge < -0.3 is 57.9 Å². The first-order valence-corrected chi connectivity index (χ1v) is 21.2. The summed E-state index contributed by atoms with van der Waals surface area (Å²) in [7, 11) is 0. The van der Waals surface area contributed by atoms with Crippen molar-refractivity contribution in [2.75, 3.05) is 0 Å². The van der Waals surface area contributed by atoms with Crippen LogP contribution < -0.4 is 11.1 Å². The third-order valence-electron chi connectivity index (χ3n) is 15.4. The van der Waals surface area contributed by atoms with Crippen LogP contribution in [0.25, 0.3) is 21.3 Å². The molecule has 6 heterocycles. The number of nitrogens with two attached hydrogens (primary N) is 1. The number of nitrogens with one attached hydrogen (secondary N) is 1. The van der Waals surface area contributed by atoms with E-state index in [1.807, 2.05) is 13.8 Å². The van der Waals surface area contributed by atoms with Gasteiger partial charge in [-0.3, -0.25) is 38.4 Å². The van der Waals surface area contributed by atoms with Gasteiger partial charge in [-0.05, 0) is 71.4 Å². The quantitative estimate of drug-likeness (QED) is 0.114. The molecule has 3 unspecified atom stereocenters. The monoisotopic (exact) mass is 908 g/mol. The molecule has 0 aromatic rings. The van der Waals surface area contributed by atoms with E-state index in [-0.39, 0.29) is 122 Å². The van der Waals surface area contributed by atoms with Crippen LogP contribution in [-0.2, 0) is 54.8 Å². The Bertz CT molecular complexity index is 1980. The minimum absolute atomic E-state index is 0. The number of carboxylic acids is 5. The van der Waals surface area contributed by atoms with E-state index in [4.69, 9.17) is 27.0 Å². The van der Waals surface area contributed by atoms with E-state index in [9.17, 15) is 63.9 Å². The maximum atomic E-state index is 14.2. The molecule has 0 aromatic heterocycles. The molecule has 1 saturated carbocycles. The van der Waals surface area contributed by atoms with Crippen molar-refractivity contribution in [2.24, 2.45) is 52.1 Å². The smallest absolute Gasteiger partial charge is 0.303 e. The number of nitrogens with zero attached hydrogens (tertiary/aromatic N) is 4. The van der Waals surface area contributed by atoms with E-state index in [1.54, 1.807) is 6.08 Å². The number of fused-ring (bicyclic) bond motifs is 6. The molecule has 14 atom stereocenters. The summed E-state index contributed by atoms with van der Waals surface area (Å²) < 4.78 is 0. The third kappa shape index (κ3) is 8.51. The summed E-state index contributed by atoms with van der Waals surface area (Å²) in [6, 6.07) is -3.90. The average Bonchev–Trinajstić information content (AvgIpc) is 3.83. The maximum Gasteiger partial charge on any atom is 0.303 e. The number of hydrogen-bond donors (Lipinski definition) is 7. The van der Waals surface area contributed by atoms with Gasteiger partial charge in [0.25, 0.3) is 0 Å². The summed E-state index contributed by atoms with van der Waals surface area (Å²) >= 11 is 0. The van der Waals surface area contributed by atoms with Crippen molar-refractivity contribution in [3.05, 3.63) is 44.3 Å². The Kier molecular flexibility index (Phi) is 13.4. The van der Waals surface area contributed by atoms with E-state index < -0.39 is 124 Å². The summed E-state index contributed by atoms with van der Waals surface area (Å²) in [6.45, 7) is 3.66. The summed E-state index contributed by atoms with van der Waals surface area (Å²) in [5.41, 5.74) is 3.02. The van der Waals surface area contributed by atoms with E-state index in [1.165, 1.54) is 0 Å². The van der Waals surface area contributed by atoms with Gasteiger partial charge in [0.15, 0.2) is 5.78 Å². The van der Waals surface area contributed by atoms with Gasteiger partial charge in [0.1, 0.15) is 0 Å². The summed E-state index contributed by atoms with van der Waals surface area (Å²) in [5, 5.41) is 74.1. The maximum absolute atomic E-state index is 14.2. The number of rotatable bonds is 15. The van der Waals surface area contributed by atoms with Crippen LogP contribution in [0.1, 0.15) is 104 Å². The zero-order chi connectivity index (χ0) is 44.3. The Balaban J connectivity index is 0.00000641. The molecule has 6 aliphatic heterocycles. The standard InChI is InChI=1S/C42H55N6O13.Ni/c1-40(16-30(43)50)22(5-9-33(54)55)27-15-42-41(2,17-31(51)48-42)23(6-10-34(56)57)26(47-42)13-24-20(11-35(58)59)19(4-8-32(52)53)39(45-24)37-28(49)7-3-18-21(12-36(60)61)25(46-38(18)37)14-29(40)44-27;/h13,18-23,25-27,29,38H,3-12,14-17H2,1-2H3,(H9,43,45,48,49,50,51,52,53,54,55,56,57,58,59,60,61);/q-3;/p-1/b24-13-;/t18-,19-,20-,21-,22+,23+,25+,26?,27-,29?,38?,40-,41-,42-;/m0./s1. The molecule has 19 nitrogen and oxygen atoms in total. The van der Waals surface area contributed by atoms with Gasteiger partial charge in [-0.15, -0.1) is 36.3 Å². The second-order valence-corrected chi connectivity index (χ2v) is 18.8. The number of carbonyl (C=O) groups excluding carboxylic acids is 3. The van der Waals surface area contributed by atoms with Gasteiger partial charge >= 0.3 is 29.8 Å². The second kappa shape index (κ2) is 17.6. The van der Waals surface area contributed by atoms with Crippen molar-refractivity contribution in [2.45, 2.75) is 140 Å². The molecule has 5 saturated heterocycles.